The van der Waals surface area contributed by atoms with Crippen molar-refractivity contribution >= 4 is 11.8 Å². The number of hydrogen-bond donors (Lipinski definition) is 1. The van der Waals surface area contributed by atoms with Gasteiger partial charge >= 0.3 is 0 Å². The van der Waals surface area contributed by atoms with Crippen molar-refractivity contribution in [2.24, 2.45) is 11.8 Å². The molecular weight excluding hydrogens is 316 g/mol. The summed E-state index contributed by atoms with van der Waals surface area (Å²) in [6.45, 7) is 5.18. The van der Waals surface area contributed by atoms with Crippen LogP contribution < -0.4 is 10.1 Å². The van der Waals surface area contributed by atoms with Gasteiger partial charge in [-0.05, 0) is 38.3 Å². The Morgan fingerprint density at radius 1 is 1.28 bits per heavy atom. The largest absolute Gasteiger partial charge is 0.467 e. The average molecular weight is 342 g/mol. The predicted molar refractivity (Wildman–Crippen MR) is 94.1 cm³/mol. The zero-order valence-corrected chi connectivity index (χ0v) is 15.0. The van der Waals surface area contributed by atoms with Crippen LogP contribution in [0.3, 0.4) is 0 Å². The van der Waals surface area contributed by atoms with Crippen LogP contribution in [0.4, 0.5) is 0 Å². The Hall–Kier alpha value is -2.04. The third kappa shape index (κ3) is 2.35. The number of nitrogens with one attached hydrogen (secondary N) is 1. The Labute approximate surface area is 148 Å². The lowest BCUT2D eigenvalue weighted by Crippen LogP contribution is -2.70. The van der Waals surface area contributed by atoms with Gasteiger partial charge in [-0.15, -0.1) is 0 Å². The normalized spacial score (nSPS) is 32.7. The van der Waals surface area contributed by atoms with E-state index in [2.05, 4.69) is 5.32 Å². The van der Waals surface area contributed by atoms with E-state index < -0.39 is 11.6 Å². The topological polar surface area (TPSA) is 58.6 Å². The summed E-state index contributed by atoms with van der Waals surface area (Å²) in [6.07, 6.45) is 3.97. The highest BCUT2D eigenvalue weighted by Gasteiger charge is 2.60. The lowest BCUT2D eigenvalue weighted by molar-refractivity contribution is -0.165. The Kier molecular flexibility index (Phi) is 3.97. The second-order valence-electron chi connectivity index (χ2n) is 7.38. The number of ether oxygens (including phenoxy) is 1. The average Bonchev–Trinajstić information content (AvgIpc) is 2.61. The van der Waals surface area contributed by atoms with Crippen molar-refractivity contribution in [1.29, 1.82) is 0 Å². The Morgan fingerprint density at radius 2 is 2.04 bits per heavy atom. The van der Waals surface area contributed by atoms with Gasteiger partial charge in [0.25, 0.3) is 0 Å². The van der Waals surface area contributed by atoms with Crippen molar-refractivity contribution in [1.82, 2.24) is 10.2 Å². The molecule has 1 aliphatic carbocycles. The first-order valence-electron chi connectivity index (χ1n) is 9.50. The molecule has 1 aromatic rings. The van der Waals surface area contributed by atoms with E-state index >= 15 is 0 Å². The molecule has 2 amide bonds. The maximum Gasteiger partial charge on any atom is 0.236 e. The van der Waals surface area contributed by atoms with E-state index in [1.54, 1.807) is 4.90 Å². The number of benzene rings is 1. The number of hydrogen-bond acceptors (Lipinski definition) is 3. The van der Waals surface area contributed by atoms with E-state index in [0.29, 0.717) is 13.1 Å². The van der Waals surface area contributed by atoms with Crippen LogP contribution in [0, 0.1) is 11.8 Å². The third-order valence-electron chi connectivity index (χ3n) is 6.23. The first kappa shape index (κ1) is 16.4. The summed E-state index contributed by atoms with van der Waals surface area (Å²) in [5.41, 5.74) is 0.388. The molecule has 25 heavy (non-hydrogen) atoms. The molecule has 0 radical (unpaired) electrons. The molecule has 0 spiro atoms. The minimum Gasteiger partial charge on any atom is -0.467 e. The number of carbonyl (C=O) groups is 2. The highest BCUT2D eigenvalue weighted by molar-refractivity contribution is 6.02. The van der Waals surface area contributed by atoms with Crippen molar-refractivity contribution in [3.8, 4) is 5.75 Å². The molecule has 5 nitrogen and oxygen atoms in total. The Balaban J connectivity index is 1.83. The van der Waals surface area contributed by atoms with Crippen LogP contribution >= 0.6 is 0 Å². The van der Waals surface area contributed by atoms with E-state index in [-0.39, 0.29) is 23.7 Å². The van der Waals surface area contributed by atoms with Gasteiger partial charge in [-0.25, -0.2) is 0 Å². The van der Waals surface area contributed by atoms with Crippen LogP contribution in [-0.4, -0.2) is 35.5 Å². The third-order valence-corrected chi connectivity index (χ3v) is 6.23. The molecule has 1 saturated heterocycles. The number of para-hydroxylation sites is 1. The zero-order valence-electron chi connectivity index (χ0n) is 15.0. The zero-order chi connectivity index (χ0) is 17.6. The Bertz CT molecular complexity index is 700. The van der Waals surface area contributed by atoms with Gasteiger partial charge in [0.15, 0.2) is 5.72 Å². The first-order chi connectivity index (χ1) is 12.1. The molecule has 1 N–H and O–H groups in total. The summed E-state index contributed by atoms with van der Waals surface area (Å²) in [7, 11) is 0. The quantitative estimate of drug-likeness (QED) is 0.859. The summed E-state index contributed by atoms with van der Waals surface area (Å²) < 4.78 is 6.35. The van der Waals surface area contributed by atoms with Crippen LogP contribution in [0.5, 0.6) is 5.75 Å². The lowest BCUT2D eigenvalue weighted by Gasteiger charge is -2.56. The van der Waals surface area contributed by atoms with Crippen molar-refractivity contribution < 1.29 is 14.3 Å². The van der Waals surface area contributed by atoms with E-state index in [0.717, 1.165) is 37.0 Å². The fourth-order valence-electron chi connectivity index (χ4n) is 5.07. The van der Waals surface area contributed by atoms with Gasteiger partial charge in [-0.1, -0.05) is 24.6 Å². The molecule has 2 aliphatic heterocycles. The SMILES string of the molecule is CCN(CC)C(=O)[C@@H]1C(=O)N[C@]23CCCC[C@@H]2[C@H]1c1ccccc1O3. The van der Waals surface area contributed by atoms with Crippen molar-refractivity contribution in [3.05, 3.63) is 29.8 Å². The van der Waals surface area contributed by atoms with E-state index in [1.807, 2.05) is 38.1 Å². The van der Waals surface area contributed by atoms with Crippen LogP contribution in [0.1, 0.15) is 51.0 Å². The Morgan fingerprint density at radius 3 is 2.80 bits per heavy atom. The molecule has 3 aliphatic rings. The van der Waals surface area contributed by atoms with Gasteiger partial charge < -0.3 is 15.0 Å². The van der Waals surface area contributed by atoms with E-state index in [1.165, 1.54) is 0 Å². The molecule has 5 heteroatoms. The number of rotatable bonds is 3. The number of nitrogens with zero attached hydrogens (tertiary/aromatic N) is 1. The highest BCUT2D eigenvalue weighted by atomic mass is 16.5. The molecule has 2 bridgehead atoms. The van der Waals surface area contributed by atoms with Crippen molar-refractivity contribution in [2.75, 3.05) is 13.1 Å². The molecule has 134 valence electrons. The number of carbonyl (C=O) groups excluding carboxylic acids is 2. The van der Waals surface area contributed by atoms with Crippen LogP contribution in [0.15, 0.2) is 24.3 Å². The lowest BCUT2D eigenvalue weighted by atomic mass is 9.62. The minimum atomic E-state index is -0.652. The second kappa shape index (κ2) is 6.04. The standard InChI is InChI=1S/C20H26N2O3/c1-3-22(4-2)19(24)17-16-13-9-5-6-11-15(13)25-20(21-18(17)23)12-8-7-10-14(16)20/h5-6,9,11,14,16-17H,3-4,7-8,10,12H2,1-2H3,(H,21,23)/t14-,16-,17+,20+/m1/s1. The first-order valence-corrected chi connectivity index (χ1v) is 9.50. The van der Waals surface area contributed by atoms with Crippen LogP contribution in [-0.2, 0) is 9.59 Å². The highest BCUT2D eigenvalue weighted by Crippen LogP contribution is 2.55. The summed E-state index contributed by atoms with van der Waals surface area (Å²) in [6, 6.07) is 7.92. The predicted octanol–water partition coefficient (Wildman–Crippen LogP) is 2.66. The summed E-state index contributed by atoms with van der Waals surface area (Å²) in [4.78, 5) is 28.0. The maximum absolute atomic E-state index is 13.2. The maximum atomic E-state index is 13.2. The molecule has 2 heterocycles. The molecule has 2 fully saturated rings. The summed E-state index contributed by atoms with van der Waals surface area (Å²) >= 11 is 0. The van der Waals surface area contributed by atoms with Gasteiger partial charge in [0.2, 0.25) is 11.8 Å². The number of amides is 2. The van der Waals surface area contributed by atoms with Crippen LogP contribution in [0.2, 0.25) is 0 Å². The van der Waals surface area contributed by atoms with Crippen molar-refractivity contribution in [2.45, 2.75) is 51.2 Å². The smallest absolute Gasteiger partial charge is 0.236 e. The molecule has 1 saturated carbocycles. The molecule has 4 atom stereocenters. The molecule has 0 aromatic heterocycles. The van der Waals surface area contributed by atoms with Crippen molar-refractivity contribution in [3.63, 3.8) is 0 Å². The summed E-state index contributed by atoms with van der Waals surface area (Å²) in [5, 5.41) is 3.13. The van der Waals surface area contributed by atoms with Gasteiger partial charge in [0.05, 0.1) is 0 Å². The fourth-order valence-corrected chi connectivity index (χ4v) is 5.07. The van der Waals surface area contributed by atoms with Gasteiger partial charge in [0, 0.05) is 31.3 Å². The van der Waals surface area contributed by atoms with Gasteiger partial charge in [0.1, 0.15) is 11.7 Å². The van der Waals surface area contributed by atoms with E-state index in [4.69, 9.17) is 4.74 Å². The molecule has 4 rings (SSSR count). The van der Waals surface area contributed by atoms with Crippen LogP contribution in [0.25, 0.3) is 0 Å². The molecular formula is C20H26N2O3. The van der Waals surface area contributed by atoms with Gasteiger partial charge in [-0.3, -0.25) is 9.59 Å². The minimum absolute atomic E-state index is 0.0524. The second-order valence-corrected chi connectivity index (χ2v) is 7.38. The molecule has 0 unspecified atom stereocenters. The fraction of sp³-hybridized carbons (Fsp3) is 0.600. The summed E-state index contributed by atoms with van der Waals surface area (Å²) in [5.74, 6) is 0.0209. The van der Waals surface area contributed by atoms with Gasteiger partial charge in [-0.2, -0.15) is 0 Å². The van der Waals surface area contributed by atoms with E-state index in [9.17, 15) is 9.59 Å². The number of fused-ring (bicyclic) bond motifs is 2. The molecule has 1 aromatic carbocycles. The number of piperidine rings is 1. The monoisotopic (exact) mass is 342 g/mol.